The number of anilines is 1. The monoisotopic (exact) mass is 496 g/mol. The molecule has 1 amide bonds. The first-order chi connectivity index (χ1) is 17.0. The summed E-state index contributed by atoms with van der Waals surface area (Å²) in [5, 5.41) is 3.28. The fourth-order valence-corrected chi connectivity index (χ4v) is 4.89. The van der Waals surface area contributed by atoms with Gasteiger partial charge in [-0.3, -0.25) is 19.5 Å². The summed E-state index contributed by atoms with van der Waals surface area (Å²) in [5.74, 6) is -0.227. The minimum Gasteiger partial charge on any atom is -0.379 e. The van der Waals surface area contributed by atoms with Crippen molar-refractivity contribution in [2.45, 2.75) is 32.4 Å². The molecule has 2 N–H and O–H groups in total. The van der Waals surface area contributed by atoms with Crippen LogP contribution in [0.1, 0.15) is 35.0 Å². The van der Waals surface area contributed by atoms with E-state index < -0.39 is 0 Å². The number of carbonyl (C=O) groups is 1. The third-order valence-electron chi connectivity index (χ3n) is 6.65. The molecule has 2 aliphatic heterocycles. The summed E-state index contributed by atoms with van der Waals surface area (Å²) < 4.78 is 5.30. The van der Waals surface area contributed by atoms with E-state index in [9.17, 15) is 9.59 Å². The van der Waals surface area contributed by atoms with E-state index >= 15 is 0 Å². The van der Waals surface area contributed by atoms with Gasteiger partial charge in [0.2, 0.25) is 0 Å². The van der Waals surface area contributed by atoms with E-state index in [1.54, 1.807) is 6.07 Å². The number of rotatable bonds is 6. The number of piperazine rings is 1. The molecule has 2 saturated heterocycles. The highest BCUT2D eigenvalue weighted by molar-refractivity contribution is 6.32. The van der Waals surface area contributed by atoms with Crippen LogP contribution in [0.25, 0.3) is 11.0 Å². The number of amides is 1. The van der Waals surface area contributed by atoms with Gasteiger partial charge in [-0.1, -0.05) is 18.5 Å². The second kappa shape index (κ2) is 10.3. The molecule has 2 aliphatic rings. The minimum atomic E-state index is -0.227. The molecule has 9 nitrogen and oxygen atoms in total. The Morgan fingerprint density at radius 3 is 2.80 bits per heavy atom. The Morgan fingerprint density at radius 2 is 2.09 bits per heavy atom. The van der Waals surface area contributed by atoms with Gasteiger partial charge in [0.05, 0.1) is 29.4 Å². The first kappa shape index (κ1) is 23.7. The number of aromatic nitrogens is 3. The van der Waals surface area contributed by atoms with Gasteiger partial charge in [-0.15, -0.1) is 0 Å². The van der Waals surface area contributed by atoms with E-state index in [0.717, 1.165) is 67.0 Å². The van der Waals surface area contributed by atoms with Crippen molar-refractivity contribution in [3.8, 4) is 0 Å². The second-order valence-electron chi connectivity index (χ2n) is 9.06. The Balaban J connectivity index is 1.19. The van der Waals surface area contributed by atoms with E-state index in [1.165, 1.54) is 0 Å². The summed E-state index contributed by atoms with van der Waals surface area (Å²) in [6.07, 6.45) is 3.38. The van der Waals surface area contributed by atoms with Gasteiger partial charge in [-0.25, -0.2) is 4.98 Å². The molecule has 5 rings (SSSR count). The fraction of sp³-hybridized carbons (Fsp3) is 0.440. The molecule has 10 heteroatoms. The number of carbonyl (C=O) groups excluding carboxylic acids is 1. The molecule has 1 unspecified atom stereocenters. The lowest BCUT2D eigenvalue weighted by molar-refractivity contribution is 0.0925. The number of nitrogens with one attached hydrogen (secondary N) is 2. The zero-order chi connectivity index (χ0) is 24.4. The van der Waals surface area contributed by atoms with Crippen molar-refractivity contribution >= 4 is 34.2 Å². The molecule has 2 fully saturated rings. The van der Waals surface area contributed by atoms with E-state index in [-0.39, 0.29) is 17.5 Å². The first-order valence-corrected chi connectivity index (χ1v) is 12.4. The molecule has 3 aromatic rings. The minimum absolute atomic E-state index is 0.0303. The Bertz CT molecular complexity index is 1280. The summed E-state index contributed by atoms with van der Waals surface area (Å²) >= 11 is 6.47. The van der Waals surface area contributed by atoms with Crippen LogP contribution >= 0.6 is 11.6 Å². The topological polar surface area (TPSA) is 103 Å². The summed E-state index contributed by atoms with van der Waals surface area (Å²) in [5.41, 5.74) is 4.50. The van der Waals surface area contributed by atoms with Crippen LogP contribution < -0.4 is 15.8 Å². The van der Waals surface area contributed by atoms with Crippen LogP contribution in [-0.4, -0.2) is 71.2 Å². The molecular formula is C25H29ClN6O3. The van der Waals surface area contributed by atoms with Gasteiger partial charge in [-0.2, -0.15) is 0 Å². The van der Waals surface area contributed by atoms with Gasteiger partial charge in [0.25, 0.3) is 11.5 Å². The van der Waals surface area contributed by atoms with E-state index in [4.69, 9.17) is 16.3 Å². The number of H-pyrrole nitrogens is 1. The van der Waals surface area contributed by atoms with Gasteiger partial charge in [0.1, 0.15) is 5.69 Å². The zero-order valence-corrected chi connectivity index (χ0v) is 20.5. The lowest BCUT2D eigenvalue weighted by atomic mass is 10.1. The zero-order valence-electron chi connectivity index (χ0n) is 19.7. The fourth-order valence-electron chi connectivity index (χ4n) is 4.62. The van der Waals surface area contributed by atoms with Gasteiger partial charge in [0, 0.05) is 51.1 Å². The van der Waals surface area contributed by atoms with Crippen molar-refractivity contribution in [1.82, 2.24) is 25.2 Å². The Kier molecular flexibility index (Phi) is 6.99. The average molecular weight is 497 g/mol. The summed E-state index contributed by atoms with van der Waals surface area (Å²) in [6.45, 7) is 7.22. The van der Waals surface area contributed by atoms with Crippen molar-refractivity contribution in [2.75, 3.05) is 44.3 Å². The SMILES string of the molecule is CCc1cc2ncc(CN3CCN(c4ccc(C(=O)NC5CCOC5)nc4Cl)CC3)cc2[nH]c1=O. The highest BCUT2D eigenvalue weighted by Crippen LogP contribution is 2.26. The van der Waals surface area contributed by atoms with Gasteiger partial charge >= 0.3 is 0 Å². The van der Waals surface area contributed by atoms with E-state index in [2.05, 4.69) is 30.1 Å². The largest absolute Gasteiger partial charge is 0.379 e. The van der Waals surface area contributed by atoms with E-state index in [1.807, 2.05) is 31.3 Å². The average Bonchev–Trinajstić information content (AvgIpc) is 3.37. The molecule has 0 aliphatic carbocycles. The van der Waals surface area contributed by atoms with Crippen LogP contribution in [0.3, 0.4) is 0 Å². The van der Waals surface area contributed by atoms with Gasteiger partial charge in [-0.05, 0) is 42.7 Å². The number of hydrogen-bond donors (Lipinski definition) is 2. The Labute approximate surface area is 208 Å². The van der Waals surface area contributed by atoms with E-state index in [0.29, 0.717) is 30.5 Å². The number of aryl methyl sites for hydroxylation is 1. The highest BCUT2D eigenvalue weighted by Gasteiger charge is 2.23. The molecule has 5 heterocycles. The predicted octanol–water partition coefficient (Wildman–Crippen LogP) is 2.37. The maximum absolute atomic E-state index is 12.5. The number of nitrogens with zero attached hydrogens (tertiary/aromatic N) is 4. The van der Waals surface area contributed by atoms with Crippen LogP contribution in [0.15, 0.2) is 35.3 Å². The van der Waals surface area contributed by atoms with Crippen molar-refractivity contribution < 1.29 is 9.53 Å². The number of aromatic amines is 1. The summed E-state index contributed by atoms with van der Waals surface area (Å²) in [6, 6.07) is 7.51. The lowest BCUT2D eigenvalue weighted by Gasteiger charge is -2.36. The van der Waals surface area contributed by atoms with Crippen LogP contribution in [0.2, 0.25) is 5.15 Å². The van der Waals surface area contributed by atoms with Gasteiger partial charge in [0.15, 0.2) is 5.15 Å². The van der Waals surface area contributed by atoms with Gasteiger partial charge < -0.3 is 19.9 Å². The predicted molar refractivity (Wildman–Crippen MR) is 135 cm³/mol. The Hall–Kier alpha value is -3.01. The number of fused-ring (bicyclic) bond motifs is 1. The molecule has 1 atom stereocenters. The number of pyridine rings is 3. The maximum atomic E-state index is 12.5. The molecule has 0 saturated carbocycles. The molecule has 0 radical (unpaired) electrons. The molecule has 0 aromatic carbocycles. The normalized spacial score (nSPS) is 18.8. The standard InChI is InChI=1S/C25H29ClN6O3/c1-2-17-12-20-21(30-24(17)33)11-16(13-27-20)14-31-6-8-32(9-7-31)22-4-3-19(29-23(22)26)25(34)28-18-5-10-35-15-18/h3-4,11-13,18H,2,5-10,14-15H2,1H3,(H,28,34)(H,30,33). The molecule has 184 valence electrons. The maximum Gasteiger partial charge on any atom is 0.270 e. The molecule has 3 aromatic heterocycles. The van der Waals surface area contributed by atoms with Crippen LogP contribution in [0.5, 0.6) is 0 Å². The van der Waals surface area contributed by atoms with Crippen LogP contribution in [0, 0.1) is 0 Å². The number of ether oxygens (including phenoxy) is 1. The molecule has 0 spiro atoms. The Morgan fingerprint density at radius 1 is 1.26 bits per heavy atom. The lowest BCUT2D eigenvalue weighted by Crippen LogP contribution is -2.46. The molecule has 35 heavy (non-hydrogen) atoms. The summed E-state index contributed by atoms with van der Waals surface area (Å²) in [7, 11) is 0. The van der Waals surface area contributed by atoms with Crippen molar-refractivity contribution in [1.29, 1.82) is 0 Å². The summed E-state index contributed by atoms with van der Waals surface area (Å²) in [4.78, 5) is 41.0. The molecular weight excluding hydrogens is 468 g/mol. The number of halogens is 1. The second-order valence-corrected chi connectivity index (χ2v) is 9.42. The van der Waals surface area contributed by atoms with Crippen LogP contribution in [0.4, 0.5) is 5.69 Å². The quantitative estimate of drug-likeness (QED) is 0.505. The van der Waals surface area contributed by atoms with Crippen LogP contribution in [-0.2, 0) is 17.7 Å². The first-order valence-electron chi connectivity index (χ1n) is 12.0. The molecule has 0 bridgehead atoms. The van der Waals surface area contributed by atoms with Crippen molar-refractivity contribution in [2.24, 2.45) is 0 Å². The highest BCUT2D eigenvalue weighted by atomic mass is 35.5. The van der Waals surface area contributed by atoms with Crippen molar-refractivity contribution in [3.63, 3.8) is 0 Å². The smallest absolute Gasteiger partial charge is 0.270 e. The third kappa shape index (κ3) is 5.32. The third-order valence-corrected chi connectivity index (χ3v) is 6.93. The number of hydrogen-bond acceptors (Lipinski definition) is 7. The van der Waals surface area contributed by atoms with Crippen molar-refractivity contribution in [3.05, 3.63) is 62.8 Å².